The number of hydrogen-bond acceptors (Lipinski definition) is 3. The zero-order chi connectivity index (χ0) is 14.8. The minimum absolute atomic E-state index is 0.0132. The molecule has 4 nitrogen and oxygen atoms in total. The van der Waals surface area contributed by atoms with E-state index < -0.39 is 6.10 Å². The van der Waals surface area contributed by atoms with Gasteiger partial charge in [0.2, 0.25) is 5.91 Å². The number of benzene rings is 1. The Morgan fingerprint density at radius 2 is 2.20 bits per heavy atom. The van der Waals surface area contributed by atoms with Gasteiger partial charge in [-0.3, -0.25) is 4.79 Å². The third-order valence-corrected chi connectivity index (χ3v) is 4.28. The van der Waals surface area contributed by atoms with E-state index in [1.807, 2.05) is 19.1 Å². The average molecular weight is 341 g/mol. The number of carbonyl (C=O) groups excluding carboxylic acids is 1. The maximum absolute atomic E-state index is 11.0. The van der Waals surface area contributed by atoms with Crippen LogP contribution in [0.1, 0.15) is 32.3 Å². The summed E-state index contributed by atoms with van der Waals surface area (Å²) >= 11 is 3.49. The summed E-state index contributed by atoms with van der Waals surface area (Å²) in [6, 6.07) is 8.00. The van der Waals surface area contributed by atoms with Crippen LogP contribution >= 0.6 is 15.9 Å². The van der Waals surface area contributed by atoms with Crippen LogP contribution in [0.2, 0.25) is 0 Å². The molecule has 1 saturated carbocycles. The first kappa shape index (κ1) is 15.5. The Morgan fingerprint density at radius 1 is 1.50 bits per heavy atom. The van der Waals surface area contributed by atoms with E-state index in [0.717, 1.165) is 17.3 Å². The van der Waals surface area contributed by atoms with Crippen LogP contribution in [0.15, 0.2) is 28.7 Å². The molecule has 0 aliphatic heterocycles. The molecule has 2 rings (SSSR count). The molecule has 1 aromatic carbocycles. The molecule has 0 spiro atoms. The number of amides is 1. The first-order valence-corrected chi connectivity index (χ1v) is 7.68. The van der Waals surface area contributed by atoms with Gasteiger partial charge in [0.05, 0.1) is 12.1 Å². The van der Waals surface area contributed by atoms with E-state index in [-0.39, 0.29) is 17.5 Å². The van der Waals surface area contributed by atoms with E-state index in [0.29, 0.717) is 6.54 Å². The van der Waals surface area contributed by atoms with Gasteiger partial charge in [-0.05, 0) is 37.5 Å². The summed E-state index contributed by atoms with van der Waals surface area (Å²) in [5.41, 5.74) is 1.23. The highest BCUT2D eigenvalue weighted by molar-refractivity contribution is 9.10. The van der Waals surface area contributed by atoms with Crippen molar-refractivity contribution in [1.29, 1.82) is 0 Å². The van der Waals surface area contributed by atoms with Gasteiger partial charge in [-0.1, -0.05) is 28.1 Å². The minimum atomic E-state index is -0.594. The molecule has 110 valence electrons. The van der Waals surface area contributed by atoms with Crippen molar-refractivity contribution in [3.8, 4) is 0 Å². The summed E-state index contributed by atoms with van der Waals surface area (Å²) in [4.78, 5) is 11.0. The molecule has 2 atom stereocenters. The van der Waals surface area contributed by atoms with Crippen molar-refractivity contribution < 1.29 is 9.90 Å². The van der Waals surface area contributed by atoms with Crippen molar-refractivity contribution in [1.82, 2.24) is 10.6 Å². The molecule has 3 N–H and O–H groups in total. The summed E-state index contributed by atoms with van der Waals surface area (Å²) in [6.45, 7) is 3.74. The molecule has 1 fully saturated rings. The van der Waals surface area contributed by atoms with Gasteiger partial charge in [0.15, 0.2) is 0 Å². The molecule has 1 unspecified atom stereocenters. The summed E-state index contributed by atoms with van der Waals surface area (Å²) in [7, 11) is 0. The number of rotatable bonds is 6. The Bertz CT molecular complexity index is 489. The van der Waals surface area contributed by atoms with Gasteiger partial charge in [-0.25, -0.2) is 0 Å². The Morgan fingerprint density at radius 3 is 2.75 bits per heavy atom. The maximum Gasteiger partial charge on any atom is 0.217 e. The molecule has 1 aliphatic carbocycles. The van der Waals surface area contributed by atoms with E-state index in [1.54, 1.807) is 0 Å². The molecule has 1 aromatic rings. The van der Waals surface area contributed by atoms with E-state index in [1.165, 1.54) is 12.5 Å². The first-order valence-electron chi connectivity index (χ1n) is 6.89. The lowest BCUT2D eigenvalue weighted by atomic mass is 10.0. The van der Waals surface area contributed by atoms with Gasteiger partial charge in [-0.2, -0.15) is 0 Å². The number of halogens is 1. The van der Waals surface area contributed by atoms with Crippen LogP contribution in [0.25, 0.3) is 0 Å². The monoisotopic (exact) mass is 340 g/mol. The molecule has 0 heterocycles. The predicted octanol–water partition coefficient (Wildman–Crippen LogP) is 1.91. The standard InChI is InChI=1S/C15H21BrN2O2/c1-10(18-11(2)19)14(20)9-17-15(6-7-15)12-4-3-5-13(16)8-12/h3-5,8,10,14,17,20H,6-7,9H2,1-2H3,(H,18,19)/t10?,14-/m1/s1. The Labute approximate surface area is 128 Å². The smallest absolute Gasteiger partial charge is 0.217 e. The maximum atomic E-state index is 11.0. The molecule has 0 saturated heterocycles. The molecule has 20 heavy (non-hydrogen) atoms. The molecule has 5 heteroatoms. The highest BCUT2D eigenvalue weighted by atomic mass is 79.9. The number of carbonyl (C=O) groups is 1. The van der Waals surface area contributed by atoms with E-state index in [9.17, 15) is 9.90 Å². The van der Waals surface area contributed by atoms with Crippen LogP contribution in [0.5, 0.6) is 0 Å². The quantitative estimate of drug-likeness (QED) is 0.741. The lowest BCUT2D eigenvalue weighted by Gasteiger charge is -2.24. The predicted molar refractivity (Wildman–Crippen MR) is 82.3 cm³/mol. The third-order valence-electron chi connectivity index (χ3n) is 3.78. The highest BCUT2D eigenvalue weighted by Crippen LogP contribution is 2.45. The molecular weight excluding hydrogens is 320 g/mol. The van der Waals surface area contributed by atoms with Gasteiger partial charge in [0.1, 0.15) is 0 Å². The summed E-state index contributed by atoms with van der Waals surface area (Å²) in [5.74, 6) is -0.121. The summed E-state index contributed by atoms with van der Waals surface area (Å²) < 4.78 is 1.07. The lowest BCUT2D eigenvalue weighted by molar-refractivity contribution is -0.120. The summed E-state index contributed by atoms with van der Waals surface area (Å²) in [5, 5.41) is 16.2. The van der Waals surface area contributed by atoms with Crippen molar-refractivity contribution in [3.05, 3.63) is 34.3 Å². The zero-order valence-electron chi connectivity index (χ0n) is 11.8. The lowest BCUT2D eigenvalue weighted by Crippen LogP contribution is -2.46. The molecule has 0 radical (unpaired) electrons. The number of aliphatic hydroxyl groups excluding tert-OH is 1. The first-order chi connectivity index (χ1) is 9.43. The van der Waals surface area contributed by atoms with Gasteiger partial charge < -0.3 is 15.7 Å². The normalized spacial score (nSPS) is 19.2. The molecular formula is C15H21BrN2O2. The van der Waals surface area contributed by atoms with Gasteiger partial charge in [-0.15, -0.1) is 0 Å². The average Bonchev–Trinajstić information content (AvgIpc) is 3.16. The van der Waals surface area contributed by atoms with Crippen molar-refractivity contribution in [2.24, 2.45) is 0 Å². The van der Waals surface area contributed by atoms with Crippen LogP contribution in [-0.4, -0.2) is 29.7 Å². The van der Waals surface area contributed by atoms with Crippen LogP contribution in [-0.2, 0) is 10.3 Å². The van der Waals surface area contributed by atoms with E-state index in [4.69, 9.17) is 0 Å². The molecule has 0 bridgehead atoms. The fraction of sp³-hybridized carbons (Fsp3) is 0.533. The van der Waals surface area contributed by atoms with Crippen LogP contribution < -0.4 is 10.6 Å². The fourth-order valence-corrected chi connectivity index (χ4v) is 2.77. The Kier molecular flexibility index (Phi) is 4.83. The highest BCUT2D eigenvalue weighted by Gasteiger charge is 2.44. The molecule has 1 aliphatic rings. The zero-order valence-corrected chi connectivity index (χ0v) is 13.4. The van der Waals surface area contributed by atoms with Crippen LogP contribution in [0.3, 0.4) is 0 Å². The second kappa shape index (κ2) is 6.24. The summed E-state index contributed by atoms with van der Waals surface area (Å²) in [6.07, 6.45) is 1.55. The van der Waals surface area contributed by atoms with Crippen LogP contribution in [0, 0.1) is 0 Å². The topological polar surface area (TPSA) is 61.4 Å². The van der Waals surface area contributed by atoms with E-state index in [2.05, 4.69) is 38.7 Å². The molecule has 1 amide bonds. The Balaban J connectivity index is 1.92. The second-order valence-electron chi connectivity index (χ2n) is 5.53. The van der Waals surface area contributed by atoms with Crippen molar-refractivity contribution >= 4 is 21.8 Å². The fourth-order valence-electron chi connectivity index (χ4n) is 2.37. The Hall–Kier alpha value is -0.910. The number of nitrogens with one attached hydrogen (secondary N) is 2. The molecule has 0 aromatic heterocycles. The number of hydrogen-bond donors (Lipinski definition) is 3. The van der Waals surface area contributed by atoms with E-state index >= 15 is 0 Å². The van der Waals surface area contributed by atoms with Gasteiger partial charge in [0, 0.05) is 23.5 Å². The number of aliphatic hydroxyl groups is 1. The van der Waals surface area contributed by atoms with Gasteiger partial charge >= 0.3 is 0 Å². The third kappa shape index (κ3) is 3.81. The van der Waals surface area contributed by atoms with Gasteiger partial charge in [0.25, 0.3) is 0 Å². The minimum Gasteiger partial charge on any atom is -0.390 e. The largest absolute Gasteiger partial charge is 0.390 e. The van der Waals surface area contributed by atoms with Crippen molar-refractivity contribution in [2.75, 3.05) is 6.54 Å². The van der Waals surface area contributed by atoms with Crippen LogP contribution in [0.4, 0.5) is 0 Å². The van der Waals surface area contributed by atoms with Crippen molar-refractivity contribution in [3.63, 3.8) is 0 Å². The SMILES string of the molecule is CC(=O)NC(C)[C@H](O)CNC1(c2cccc(Br)c2)CC1. The second-order valence-corrected chi connectivity index (χ2v) is 6.45. The van der Waals surface area contributed by atoms with Crippen molar-refractivity contribution in [2.45, 2.75) is 44.4 Å².